The summed E-state index contributed by atoms with van der Waals surface area (Å²) in [5.41, 5.74) is -7.85. The summed E-state index contributed by atoms with van der Waals surface area (Å²) in [5, 5.41) is 91.3. The standard InChI is InChI=1S/C44H64N4O23S3/c1-10-16(2)40(61)68-19(5)44(64)18(4)67-28(11-27(44)65-9)70-34-32(53)36(43(63)12-25(52)30(45)29(35(43)54)39(59)60)69-26(13-66-22(8)51)33(34)71-41(62)31(17(3)73-14-23(37(55)56)46-20(6)49)48-42(72)74-15-24(38(57)58)47-21(7)50/h16-19,23-24,26-28,31-34,36,45,53-54,63-64H,10-15H2,1-9H3,(H,46,49)(H,47,50)(H,48,72)(H,55,56)(H,57,58)(H,59,60)/t16-,17-,18-,19-,23-,24-,26+,27+,28+,31-,32+,33-,34+,36-,43-,44+/m1/s1. The number of nitrogens with one attached hydrogen (secondary N) is 4. The maximum atomic E-state index is 14.8. The van der Waals surface area contributed by atoms with E-state index < -0.39 is 186 Å². The van der Waals surface area contributed by atoms with E-state index in [2.05, 4.69) is 16.0 Å². The van der Waals surface area contributed by atoms with Crippen molar-refractivity contribution in [3.8, 4) is 0 Å². The van der Waals surface area contributed by atoms with Crippen LogP contribution in [-0.2, 0) is 76.3 Å². The van der Waals surface area contributed by atoms with E-state index in [0.29, 0.717) is 18.2 Å². The minimum Gasteiger partial charge on any atom is -0.508 e. The number of hydrogen-bond donors (Lipinski definition) is 11. The number of hydrogen-bond acceptors (Lipinski definition) is 24. The van der Waals surface area contributed by atoms with Crippen molar-refractivity contribution >= 4 is 99.2 Å². The maximum absolute atomic E-state index is 14.8. The van der Waals surface area contributed by atoms with Gasteiger partial charge in [-0.2, -0.15) is 11.8 Å². The van der Waals surface area contributed by atoms with E-state index in [1.54, 1.807) is 13.8 Å². The molecule has 0 radical (unpaired) electrons. The number of carboxylic acids is 3. The highest BCUT2D eigenvalue weighted by molar-refractivity contribution is 8.23. The number of esters is 3. The average Bonchev–Trinajstić information content (AvgIpc) is 3.30. The first-order valence-electron chi connectivity index (χ1n) is 22.9. The Morgan fingerprint density at radius 1 is 0.905 bits per heavy atom. The Morgan fingerprint density at radius 3 is 2.00 bits per heavy atom. The van der Waals surface area contributed by atoms with Crippen LogP contribution in [0.4, 0.5) is 0 Å². The molecular weight excluding hydrogens is 1050 g/mol. The van der Waals surface area contributed by atoms with Crippen LogP contribution < -0.4 is 16.0 Å². The molecule has 2 heterocycles. The molecule has 30 heteroatoms. The van der Waals surface area contributed by atoms with Gasteiger partial charge in [0.1, 0.15) is 76.6 Å². The fraction of sp³-hybridized carbons (Fsp3) is 0.705. The highest BCUT2D eigenvalue weighted by Gasteiger charge is 2.62. The highest BCUT2D eigenvalue weighted by Crippen LogP contribution is 2.43. The number of ketones is 1. The lowest BCUT2D eigenvalue weighted by atomic mass is 9.74. The fourth-order valence-electron chi connectivity index (χ4n) is 8.09. The third-order valence-electron chi connectivity index (χ3n) is 12.4. The van der Waals surface area contributed by atoms with Crippen LogP contribution in [0.15, 0.2) is 11.3 Å². The monoisotopic (exact) mass is 1110 g/mol. The Labute approximate surface area is 437 Å². The van der Waals surface area contributed by atoms with Gasteiger partial charge in [-0.25, -0.2) is 19.2 Å². The molecule has 2 saturated heterocycles. The molecule has 11 N–H and O–H groups in total. The second-order valence-electron chi connectivity index (χ2n) is 17.7. The van der Waals surface area contributed by atoms with Gasteiger partial charge in [-0.3, -0.25) is 29.4 Å². The van der Waals surface area contributed by atoms with Gasteiger partial charge in [0.25, 0.3) is 0 Å². The van der Waals surface area contributed by atoms with Crippen LogP contribution in [0.5, 0.6) is 0 Å². The molecular formula is C44H64N4O23S3. The number of rotatable bonds is 24. The number of carbonyl (C=O) groups excluding carboxylic acids is 6. The minimum atomic E-state index is -3.19. The number of carbonyl (C=O) groups is 9. The van der Waals surface area contributed by atoms with Crippen molar-refractivity contribution in [2.24, 2.45) is 5.92 Å². The number of methoxy groups -OCH3 is 1. The summed E-state index contributed by atoms with van der Waals surface area (Å²) in [5.74, 6) is -13.4. The summed E-state index contributed by atoms with van der Waals surface area (Å²) >= 11 is 6.91. The lowest BCUT2D eigenvalue weighted by Crippen LogP contribution is -2.70. The van der Waals surface area contributed by atoms with Gasteiger partial charge in [0.15, 0.2) is 29.4 Å². The predicted octanol–water partition coefficient (Wildman–Crippen LogP) is -1.27. The van der Waals surface area contributed by atoms with E-state index in [4.69, 9.17) is 50.8 Å². The summed E-state index contributed by atoms with van der Waals surface area (Å²) < 4.78 is 40.8. The van der Waals surface area contributed by atoms with E-state index >= 15 is 0 Å². The molecule has 2 aliphatic heterocycles. The molecule has 0 unspecified atom stereocenters. The first-order valence-corrected chi connectivity index (χ1v) is 25.3. The summed E-state index contributed by atoms with van der Waals surface area (Å²) in [4.78, 5) is 113. The molecule has 2 amide bonds. The van der Waals surface area contributed by atoms with Gasteiger partial charge in [0, 0.05) is 51.1 Å². The third kappa shape index (κ3) is 15.5. The molecule has 0 aromatic rings. The number of carboxylic acid groups (broad SMARTS) is 3. The summed E-state index contributed by atoms with van der Waals surface area (Å²) in [6.07, 6.45) is -17.7. The Hall–Kier alpha value is -5.05. The van der Waals surface area contributed by atoms with Crippen LogP contribution in [0.3, 0.4) is 0 Å². The van der Waals surface area contributed by atoms with Gasteiger partial charge in [-0.15, -0.1) is 0 Å². The zero-order valence-corrected chi connectivity index (χ0v) is 44.2. The molecule has 1 aliphatic carbocycles. The fourth-order valence-corrected chi connectivity index (χ4v) is 10.3. The molecule has 0 aromatic heterocycles. The van der Waals surface area contributed by atoms with Gasteiger partial charge in [0.2, 0.25) is 11.8 Å². The van der Waals surface area contributed by atoms with Crippen molar-refractivity contribution in [1.82, 2.24) is 16.0 Å². The van der Waals surface area contributed by atoms with Gasteiger partial charge in [0.05, 0.1) is 24.5 Å². The maximum Gasteiger partial charge on any atom is 0.341 e. The second-order valence-corrected chi connectivity index (χ2v) is 20.8. The number of aliphatic hydroxyl groups is 4. The quantitative estimate of drug-likeness (QED) is 0.0305. The number of Topliss-reactive ketones (excluding diaryl/α,β-unsaturated/α-hetero) is 1. The lowest BCUT2D eigenvalue weighted by molar-refractivity contribution is -0.345. The first-order chi connectivity index (χ1) is 34.3. The summed E-state index contributed by atoms with van der Waals surface area (Å²) in [6, 6.07) is -4.65. The van der Waals surface area contributed by atoms with Crippen molar-refractivity contribution < 1.29 is 112 Å². The van der Waals surface area contributed by atoms with Crippen molar-refractivity contribution in [2.45, 2.75) is 164 Å². The average molecular weight is 1110 g/mol. The Kier molecular flexibility index (Phi) is 23.2. The molecule has 0 saturated carbocycles. The Morgan fingerprint density at radius 2 is 1.49 bits per heavy atom. The van der Waals surface area contributed by atoms with Crippen molar-refractivity contribution in [2.75, 3.05) is 25.2 Å². The Bertz CT molecular complexity index is 2200. The van der Waals surface area contributed by atoms with Crippen LogP contribution in [-0.4, -0.2) is 214 Å². The number of thiocarbonyl (C=S) groups is 1. The Balaban J connectivity index is 2.23. The van der Waals surface area contributed by atoms with Crippen molar-refractivity contribution in [3.05, 3.63) is 11.3 Å². The largest absolute Gasteiger partial charge is 0.508 e. The van der Waals surface area contributed by atoms with Crippen LogP contribution in [0.2, 0.25) is 0 Å². The van der Waals surface area contributed by atoms with Gasteiger partial charge >= 0.3 is 35.8 Å². The van der Waals surface area contributed by atoms with Crippen LogP contribution in [0.25, 0.3) is 0 Å². The highest BCUT2D eigenvalue weighted by atomic mass is 32.2. The number of aliphatic carboxylic acids is 3. The van der Waals surface area contributed by atoms with E-state index in [0.717, 1.165) is 32.5 Å². The normalized spacial score (nSPS) is 29.5. The number of ether oxygens (including phenoxy) is 7. The van der Waals surface area contributed by atoms with E-state index in [-0.39, 0.29) is 15.8 Å². The van der Waals surface area contributed by atoms with Crippen LogP contribution >= 0.6 is 35.7 Å². The lowest BCUT2D eigenvalue weighted by Gasteiger charge is -2.52. The third-order valence-corrected chi connectivity index (χ3v) is 15.1. The topological polar surface area (TPSA) is 420 Å². The zero-order valence-electron chi connectivity index (χ0n) is 41.7. The van der Waals surface area contributed by atoms with Gasteiger partial charge in [-0.05, 0) is 20.3 Å². The van der Waals surface area contributed by atoms with Crippen molar-refractivity contribution in [3.63, 3.8) is 0 Å². The molecule has 3 rings (SSSR count). The number of aliphatic hydroxyl groups excluding tert-OH is 2. The summed E-state index contributed by atoms with van der Waals surface area (Å²) in [6.45, 7) is 9.72. The van der Waals surface area contributed by atoms with Gasteiger partial charge in [-0.1, -0.05) is 44.8 Å². The molecule has 416 valence electrons. The summed E-state index contributed by atoms with van der Waals surface area (Å²) in [7, 11) is 1.21. The van der Waals surface area contributed by atoms with Gasteiger partial charge < -0.3 is 84.9 Å². The second kappa shape index (κ2) is 27.1. The molecule has 16 atom stereocenters. The van der Waals surface area contributed by atoms with E-state index in [1.807, 2.05) is 0 Å². The SMILES string of the molecule is CC[C@@H](C)C(=O)O[C@H](C)[C@]1(O)[C@@H](OC)C[C@H](O[C@H]2[C@H](O)[C@H]([C@@]3(O)CC(=O)C(=N)C(C(=O)O)=C3O)O[C@@H](COC(C)=O)[C@H]2OC(=O)[C@H](NC(=S)SC[C@@H](NC(C)=O)C(=O)O)[C@@H](C)SC[C@@H](NC(C)=O)C(=O)O)O[C@@H]1C. The minimum absolute atomic E-state index is 0.269. The molecule has 0 bridgehead atoms. The molecule has 27 nitrogen and oxygen atoms in total. The molecule has 3 aliphatic rings. The molecule has 74 heavy (non-hydrogen) atoms. The van der Waals surface area contributed by atoms with E-state index in [1.165, 1.54) is 27.9 Å². The zero-order chi connectivity index (χ0) is 56.3. The molecule has 0 aromatic carbocycles. The number of thioether (sulfide) groups is 2. The van der Waals surface area contributed by atoms with Crippen molar-refractivity contribution in [1.29, 1.82) is 5.41 Å². The first kappa shape index (κ1) is 63.2. The van der Waals surface area contributed by atoms with E-state index in [9.17, 15) is 78.9 Å². The molecule has 0 spiro atoms. The van der Waals surface area contributed by atoms with Crippen LogP contribution in [0.1, 0.15) is 74.7 Å². The smallest absolute Gasteiger partial charge is 0.341 e. The molecule has 2 fully saturated rings. The predicted molar refractivity (Wildman–Crippen MR) is 260 cm³/mol. The van der Waals surface area contributed by atoms with Crippen LogP contribution in [0, 0.1) is 11.3 Å². The number of amides is 2.